The van der Waals surface area contributed by atoms with Crippen LogP contribution in [-0.2, 0) is 9.59 Å². The van der Waals surface area contributed by atoms with E-state index in [4.69, 9.17) is 17.3 Å². The smallest absolute Gasteiger partial charge is 0.244 e. The van der Waals surface area contributed by atoms with E-state index in [1.807, 2.05) is 19.1 Å². The number of aryl methyl sites for hydroxylation is 1. The van der Waals surface area contributed by atoms with Gasteiger partial charge in [0.15, 0.2) is 0 Å². The zero-order chi connectivity index (χ0) is 13.7. The Morgan fingerprint density at radius 2 is 2.11 bits per heavy atom. The maximum absolute atomic E-state index is 11.4. The van der Waals surface area contributed by atoms with Gasteiger partial charge < -0.3 is 11.1 Å². The molecule has 0 saturated carbocycles. The van der Waals surface area contributed by atoms with E-state index in [0.717, 1.165) is 11.1 Å². The summed E-state index contributed by atoms with van der Waals surface area (Å²) in [6.45, 7) is 3.42. The standard InChI is InChI=1S/C13H15ClN2O2/c1-8-3-4-10(7-11(8)14)5-6-12(17)16-9(2)13(15)18/h3-7,9H,1-2H3,(H2,15,18)(H,16,17)/b6-5+. The molecule has 1 aromatic rings. The van der Waals surface area contributed by atoms with Gasteiger partial charge in [0.05, 0.1) is 0 Å². The lowest BCUT2D eigenvalue weighted by Crippen LogP contribution is -2.41. The second kappa shape index (κ2) is 6.21. The molecule has 0 fully saturated rings. The molecule has 0 aromatic heterocycles. The van der Waals surface area contributed by atoms with Crippen LogP contribution in [0.4, 0.5) is 0 Å². The van der Waals surface area contributed by atoms with Gasteiger partial charge >= 0.3 is 0 Å². The van der Waals surface area contributed by atoms with Crippen molar-refractivity contribution in [3.63, 3.8) is 0 Å². The maximum Gasteiger partial charge on any atom is 0.244 e. The van der Waals surface area contributed by atoms with E-state index in [9.17, 15) is 9.59 Å². The second-order valence-electron chi connectivity index (χ2n) is 3.97. The molecular weight excluding hydrogens is 252 g/mol. The number of rotatable bonds is 4. The summed E-state index contributed by atoms with van der Waals surface area (Å²) >= 11 is 5.96. The number of hydrogen-bond acceptors (Lipinski definition) is 2. The molecule has 1 atom stereocenters. The minimum absolute atomic E-state index is 0.377. The summed E-state index contributed by atoms with van der Waals surface area (Å²) in [7, 11) is 0. The highest BCUT2D eigenvalue weighted by Crippen LogP contribution is 2.17. The van der Waals surface area contributed by atoms with Crippen LogP contribution in [0, 0.1) is 6.92 Å². The molecule has 96 valence electrons. The Labute approximate surface area is 111 Å². The van der Waals surface area contributed by atoms with E-state index < -0.39 is 11.9 Å². The topological polar surface area (TPSA) is 72.2 Å². The molecule has 1 rings (SSSR count). The summed E-state index contributed by atoms with van der Waals surface area (Å²) in [5, 5.41) is 3.08. The van der Waals surface area contributed by atoms with Crippen molar-refractivity contribution in [2.75, 3.05) is 0 Å². The SMILES string of the molecule is Cc1ccc(/C=C/C(=O)NC(C)C(N)=O)cc1Cl. The van der Waals surface area contributed by atoms with Crippen LogP contribution in [-0.4, -0.2) is 17.9 Å². The highest BCUT2D eigenvalue weighted by atomic mass is 35.5. The van der Waals surface area contributed by atoms with Gasteiger partial charge in [0.25, 0.3) is 0 Å². The molecule has 0 radical (unpaired) electrons. The van der Waals surface area contributed by atoms with Crippen LogP contribution < -0.4 is 11.1 Å². The van der Waals surface area contributed by atoms with Gasteiger partial charge in [-0.1, -0.05) is 23.7 Å². The first-order chi connectivity index (χ1) is 8.40. The number of hydrogen-bond donors (Lipinski definition) is 2. The zero-order valence-electron chi connectivity index (χ0n) is 10.2. The fourth-order valence-electron chi connectivity index (χ4n) is 1.22. The Hall–Kier alpha value is -1.81. The first-order valence-corrected chi connectivity index (χ1v) is 5.82. The Bertz CT molecular complexity index is 498. The Balaban J connectivity index is 2.66. The normalized spacial score (nSPS) is 12.4. The number of carbonyl (C=O) groups is 2. The van der Waals surface area contributed by atoms with Crippen LogP contribution in [0.3, 0.4) is 0 Å². The molecular formula is C13H15ClN2O2. The third kappa shape index (κ3) is 4.22. The molecule has 3 N–H and O–H groups in total. The van der Waals surface area contributed by atoms with E-state index in [1.165, 1.54) is 13.0 Å². The summed E-state index contributed by atoms with van der Waals surface area (Å²) in [6, 6.07) is 4.79. The number of carbonyl (C=O) groups excluding carboxylic acids is 2. The average Bonchev–Trinajstić information content (AvgIpc) is 2.30. The van der Waals surface area contributed by atoms with Crippen LogP contribution >= 0.6 is 11.6 Å². The van der Waals surface area contributed by atoms with Crippen LogP contribution in [0.25, 0.3) is 6.08 Å². The third-order valence-corrected chi connectivity index (χ3v) is 2.82. The van der Waals surface area contributed by atoms with Gasteiger partial charge in [0.2, 0.25) is 11.8 Å². The monoisotopic (exact) mass is 266 g/mol. The number of halogens is 1. The number of amides is 2. The summed E-state index contributed by atoms with van der Waals surface area (Å²) in [6.07, 6.45) is 2.95. The molecule has 5 heteroatoms. The minimum atomic E-state index is -0.691. The molecule has 4 nitrogen and oxygen atoms in total. The molecule has 1 unspecified atom stereocenters. The molecule has 0 heterocycles. The van der Waals surface area contributed by atoms with Crippen molar-refractivity contribution < 1.29 is 9.59 Å². The van der Waals surface area contributed by atoms with Crippen LogP contribution in [0.5, 0.6) is 0 Å². The predicted octanol–water partition coefficient (Wildman–Crippen LogP) is 1.65. The molecule has 0 bridgehead atoms. The Kier molecular flexibility index (Phi) is 4.92. The molecule has 0 aliphatic rings. The number of benzene rings is 1. The summed E-state index contributed by atoms with van der Waals surface area (Å²) in [5.74, 6) is -0.951. The third-order valence-electron chi connectivity index (χ3n) is 2.41. The van der Waals surface area contributed by atoms with Crippen LogP contribution in [0.1, 0.15) is 18.1 Å². The fourth-order valence-corrected chi connectivity index (χ4v) is 1.41. The van der Waals surface area contributed by atoms with E-state index >= 15 is 0 Å². The van der Waals surface area contributed by atoms with Gasteiger partial charge in [0.1, 0.15) is 6.04 Å². The van der Waals surface area contributed by atoms with Gasteiger partial charge in [-0.15, -0.1) is 0 Å². The Morgan fingerprint density at radius 1 is 1.44 bits per heavy atom. The highest BCUT2D eigenvalue weighted by molar-refractivity contribution is 6.31. The first kappa shape index (κ1) is 14.3. The van der Waals surface area contributed by atoms with E-state index in [-0.39, 0.29) is 5.91 Å². The van der Waals surface area contributed by atoms with Crippen molar-refractivity contribution in [1.29, 1.82) is 0 Å². The quantitative estimate of drug-likeness (QED) is 0.814. The lowest BCUT2D eigenvalue weighted by molar-refractivity contribution is -0.124. The number of primary amides is 1. The molecule has 1 aromatic carbocycles. The lowest BCUT2D eigenvalue weighted by atomic mass is 10.1. The van der Waals surface area contributed by atoms with Crippen molar-refractivity contribution in [3.05, 3.63) is 40.4 Å². The summed E-state index contributed by atoms with van der Waals surface area (Å²) < 4.78 is 0. The van der Waals surface area contributed by atoms with Crippen molar-refractivity contribution in [2.45, 2.75) is 19.9 Å². The average molecular weight is 267 g/mol. The van der Waals surface area contributed by atoms with Crippen LogP contribution in [0.15, 0.2) is 24.3 Å². The molecule has 0 saturated heterocycles. The highest BCUT2D eigenvalue weighted by Gasteiger charge is 2.09. The fraction of sp³-hybridized carbons (Fsp3) is 0.231. The van der Waals surface area contributed by atoms with Crippen molar-refractivity contribution in [3.8, 4) is 0 Å². The molecule has 0 aliphatic heterocycles. The van der Waals surface area contributed by atoms with E-state index in [2.05, 4.69) is 5.32 Å². The predicted molar refractivity (Wildman–Crippen MR) is 72.0 cm³/mol. The maximum atomic E-state index is 11.4. The van der Waals surface area contributed by atoms with Gasteiger partial charge in [-0.25, -0.2) is 0 Å². The van der Waals surface area contributed by atoms with Gasteiger partial charge in [0, 0.05) is 11.1 Å². The van der Waals surface area contributed by atoms with Crippen molar-refractivity contribution in [1.82, 2.24) is 5.32 Å². The number of nitrogens with one attached hydrogen (secondary N) is 1. The number of nitrogens with two attached hydrogens (primary N) is 1. The van der Waals surface area contributed by atoms with Gasteiger partial charge in [-0.3, -0.25) is 9.59 Å². The first-order valence-electron chi connectivity index (χ1n) is 5.44. The Morgan fingerprint density at radius 3 is 2.67 bits per heavy atom. The molecule has 2 amide bonds. The zero-order valence-corrected chi connectivity index (χ0v) is 11.0. The van der Waals surface area contributed by atoms with Crippen molar-refractivity contribution >= 4 is 29.5 Å². The summed E-state index contributed by atoms with van der Waals surface area (Å²) in [5.41, 5.74) is 6.82. The molecule has 0 spiro atoms. The molecule has 0 aliphatic carbocycles. The second-order valence-corrected chi connectivity index (χ2v) is 4.38. The van der Waals surface area contributed by atoms with Gasteiger partial charge in [-0.2, -0.15) is 0 Å². The largest absolute Gasteiger partial charge is 0.368 e. The summed E-state index contributed by atoms with van der Waals surface area (Å²) in [4.78, 5) is 22.2. The lowest BCUT2D eigenvalue weighted by Gasteiger charge is -2.07. The minimum Gasteiger partial charge on any atom is -0.368 e. The van der Waals surface area contributed by atoms with E-state index in [1.54, 1.807) is 12.1 Å². The van der Waals surface area contributed by atoms with Gasteiger partial charge in [-0.05, 0) is 37.1 Å². The van der Waals surface area contributed by atoms with Crippen molar-refractivity contribution in [2.24, 2.45) is 5.73 Å². The van der Waals surface area contributed by atoms with E-state index in [0.29, 0.717) is 5.02 Å². The molecule has 18 heavy (non-hydrogen) atoms. The van der Waals surface area contributed by atoms with Crippen LogP contribution in [0.2, 0.25) is 5.02 Å².